The van der Waals surface area contributed by atoms with Gasteiger partial charge in [0.1, 0.15) is 5.82 Å². The molecule has 1 saturated carbocycles. The summed E-state index contributed by atoms with van der Waals surface area (Å²) in [4.78, 5) is 22.9. The molecule has 0 radical (unpaired) electrons. The fourth-order valence-electron chi connectivity index (χ4n) is 2.46. The van der Waals surface area contributed by atoms with Gasteiger partial charge in [0.05, 0.1) is 11.3 Å². The van der Waals surface area contributed by atoms with Gasteiger partial charge in [0.2, 0.25) is 0 Å². The number of carbonyl (C=O) groups is 2. The number of aromatic carboxylic acids is 1. The van der Waals surface area contributed by atoms with E-state index in [1.807, 2.05) is 0 Å². The lowest BCUT2D eigenvalue weighted by Crippen LogP contribution is -2.34. The van der Waals surface area contributed by atoms with Crippen LogP contribution in [0.4, 0.5) is 14.9 Å². The summed E-state index contributed by atoms with van der Waals surface area (Å²) in [6, 6.07) is 2.67. The van der Waals surface area contributed by atoms with Crippen molar-refractivity contribution in [2.24, 2.45) is 5.41 Å². The predicted octanol–water partition coefficient (Wildman–Crippen LogP) is 3.23. The number of carbonyl (C=O) groups excluding carboxylic acids is 1. The van der Waals surface area contributed by atoms with Crippen molar-refractivity contribution in [2.75, 3.05) is 11.9 Å². The average molecular weight is 294 g/mol. The van der Waals surface area contributed by atoms with E-state index in [2.05, 4.69) is 17.6 Å². The maximum Gasteiger partial charge on any atom is 0.337 e. The van der Waals surface area contributed by atoms with Crippen LogP contribution in [-0.4, -0.2) is 23.7 Å². The molecule has 0 heterocycles. The van der Waals surface area contributed by atoms with Gasteiger partial charge >= 0.3 is 12.0 Å². The summed E-state index contributed by atoms with van der Waals surface area (Å²) in [5.41, 5.74) is 0.0190. The number of benzene rings is 1. The van der Waals surface area contributed by atoms with Gasteiger partial charge in [0, 0.05) is 6.54 Å². The number of anilines is 1. The highest BCUT2D eigenvalue weighted by atomic mass is 19.1. The molecular formula is C15H19FN2O3. The molecule has 0 aromatic heterocycles. The molecular weight excluding hydrogens is 275 g/mol. The zero-order valence-electron chi connectivity index (χ0n) is 11.9. The molecule has 3 N–H and O–H groups in total. The van der Waals surface area contributed by atoms with Crippen molar-refractivity contribution >= 4 is 17.7 Å². The minimum Gasteiger partial charge on any atom is -0.478 e. The minimum absolute atomic E-state index is 0.0414. The van der Waals surface area contributed by atoms with E-state index in [1.54, 1.807) is 0 Å². The van der Waals surface area contributed by atoms with Crippen LogP contribution in [-0.2, 0) is 0 Å². The third-order valence-electron chi connectivity index (χ3n) is 3.82. The summed E-state index contributed by atoms with van der Waals surface area (Å²) in [5.74, 6) is -1.81. The number of hydrogen-bond donors (Lipinski definition) is 3. The lowest BCUT2D eigenvalue weighted by atomic mass is 10.0. The van der Waals surface area contributed by atoms with Crippen LogP contribution in [0.25, 0.3) is 0 Å². The molecule has 114 valence electrons. The van der Waals surface area contributed by atoms with Gasteiger partial charge in [0.25, 0.3) is 0 Å². The lowest BCUT2D eigenvalue weighted by Gasteiger charge is -2.16. The summed E-state index contributed by atoms with van der Waals surface area (Å²) in [5, 5.41) is 14.2. The van der Waals surface area contributed by atoms with Crippen LogP contribution in [0.3, 0.4) is 0 Å². The molecule has 21 heavy (non-hydrogen) atoms. The van der Waals surface area contributed by atoms with Crippen LogP contribution in [0.1, 0.15) is 43.0 Å². The summed E-state index contributed by atoms with van der Waals surface area (Å²) in [6.07, 6.45) is 4.33. The highest BCUT2D eigenvalue weighted by molar-refractivity contribution is 5.99. The zero-order chi connectivity index (χ0) is 15.5. The fourth-order valence-corrected chi connectivity index (χ4v) is 2.46. The average Bonchev–Trinajstić information content (AvgIpc) is 3.17. The number of rotatable bonds is 6. The third-order valence-corrected chi connectivity index (χ3v) is 3.82. The van der Waals surface area contributed by atoms with Gasteiger partial charge in [0.15, 0.2) is 0 Å². The number of nitrogens with one attached hydrogen (secondary N) is 2. The number of carboxylic acid groups (broad SMARTS) is 1. The van der Waals surface area contributed by atoms with E-state index in [9.17, 15) is 14.0 Å². The van der Waals surface area contributed by atoms with Crippen molar-refractivity contribution in [3.63, 3.8) is 0 Å². The van der Waals surface area contributed by atoms with Gasteiger partial charge in [-0.25, -0.2) is 14.0 Å². The Kier molecular flexibility index (Phi) is 4.45. The Hall–Kier alpha value is -2.11. The molecule has 1 aromatic carbocycles. The van der Waals surface area contributed by atoms with Crippen molar-refractivity contribution in [2.45, 2.75) is 32.6 Å². The molecule has 6 heteroatoms. The monoisotopic (exact) mass is 294 g/mol. The van der Waals surface area contributed by atoms with Gasteiger partial charge in [-0.15, -0.1) is 0 Å². The van der Waals surface area contributed by atoms with E-state index in [0.717, 1.165) is 43.9 Å². The van der Waals surface area contributed by atoms with E-state index in [1.165, 1.54) is 0 Å². The first kappa shape index (κ1) is 15.3. The van der Waals surface area contributed by atoms with Crippen LogP contribution in [0.2, 0.25) is 0 Å². The molecule has 2 rings (SSSR count). The number of hydrogen-bond acceptors (Lipinski definition) is 2. The highest BCUT2D eigenvalue weighted by Crippen LogP contribution is 2.48. The predicted molar refractivity (Wildman–Crippen MR) is 77.0 cm³/mol. The molecule has 0 aliphatic heterocycles. The Morgan fingerprint density at radius 2 is 2.10 bits per heavy atom. The topological polar surface area (TPSA) is 78.4 Å². The Morgan fingerprint density at radius 1 is 1.38 bits per heavy atom. The standard InChI is InChI=1S/C15H19FN2O3/c1-2-5-15(6-7-15)9-17-14(21)18-12-8-10(16)3-4-11(12)13(19)20/h3-4,8H,2,5-7,9H2,1H3,(H,19,20)(H2,17,18,21). The number of halogens is 1. The maximum atomic E-state index is 13.2. The van der Waals surface area contributed by atoms with Crippen molar-refractivity contribution in [1.82, 2.24) is 5.32 Å². The van der Waals surface area contributed by atoms with Gasteiger partial charge in [-0.3, -0.25) is 0 Å². The molecule has 0 unspecified atom stereocenters. The van der Waals surface area contributed by atoms with E-state index >= 15 is 0 Å². The van der Waals surface area contributed by atoms with Crippen LogP contribution in [0.15, 0.2) is 18.2 Å². The highest BCUT2D eigenvalue weighted by Gasteiger charge is 2.41. The molecule has 1 aromatic rings. The second-order valence-electron chi connectivity index (χ2n) is 5.55. The Labute approximate surface area is 122 Å². The summed E-state index contributed by atoms with van der Waals surface area (Å²) in [6.45, 7) is 2.66. The van der Waals surface area contributed by atoms with Crippen molar-refractivity contribution < 1.29 is 19.1 Å². The number of carboxylic acids is 1. The summed E-state index contributed by atoms with van der Waals surface area (Å²) in [7, 11) is 0. The van der Waals surface area contributed by atoms with Gasteiger partial charge < -0.3 is 15.7 Å². The molecule has 1 fully saturated rings. The van der Waals surface area contributed by atoms with E-state index < -0.39 is 17.8 Å². The molecule has 0 atom stereocenters. The first-order valence-electron chi connectivity index (χ1n) is 7.03. The molecule has 5 nitrogen and oxygen atoms in total. The Balaban J connectivity index is 1.96. The minimum atomic E-state index is -1.21. The van der Waals surface area contributed by atoms with Crippen LogP contribution in [0.5, 0.6) is 0 Å². The van der Waals surface area contributed by atoms with Crippen molar-refractivity contribution in [3.05, 3.63) is 29.6 Å². The van der Waals surface area contributed by atoms with Crippen LogP contribution in [0, 0.1) is 11.2 Å². The lowest BCUT2D eigenvalue weighted by molar-refractivity contribution is 0.0698. The first-order chi connectivity index (χ1) is 9.96. The Morgan fingerprint density at radius 3 is 2.67 bits per heavy atom. The first-order valence-corrected chi connectivity index (χ1v) is 7.03. The SMILES string of the molecule is CCCC1(CNC(=O)Nc2cc(F)ccc2C(=O)O)CC1. The zero-order valence-corrected chi connectivity index (χ0v) is 11.9. The number of urea groups is 1. The molecule has 0 spiro atoms. The van der Waals surface area contributed by atoms with Crippen LogP contribution < -0.4 is 10.6 Å². The van der Waals surface area contributed by atoms with Gasteiger partial charge in [-0.05, 0) is 42.9 Å². The maximum absolute atomic E-state index is 13.2. The van der Waals surface area contributed by atoms with Gasteiger partial charge in [-0.1, -0.05) is 13.3 Å². The molecule has 0 bridgehead atoms. The van der Waals surface area contributed by atoms with E-state index in [-0.39, 0.29) is 16.7 Å². The summed E-state index contributed by atoms with van der Waals surface area (Å²) < 4.78 is 13.2. The van der Waals surface area contributed by atoms with Gasteiger partial charge in [-0.2, -0.15) is 0 Å². The van der Waals surface area contributed by atoms with Crippen molar-refractivity contribution in [3.8, 4) is 0 Å². The molecule has 0 saturated heterocycles. The smallest absolute Gasteiger partial charge is 0.337 e. The quantitative estimate of drug-likeness (QED) is 0.753. The van der Waals surface area contributed by atoms with Crippen molar-refractivity contribution in [1.29, 1.82) is 0 Å². The third kappa shape index (κ3) is 3.93. The second-order valence-corrected chi connectivity index (χ2v) is 5.55. The van der Waals surface area contributed by atoms with E-state index in [0.29, 0.717) is 6.54 Å². The fraction of sp³-hybridized carbons (Fsp3) is 0.467. The number of amides is 2. The van der Waals surface area contributed by atoms with E-state index in [4.69, 9.17) is 5.11 Å². The second kappa shape index (κ2) is 6.11. The molecule has 2 amide bonds. The van der Waals surface area contributed by atoms with Crippen LogP contribution >= 0.6 is 0 Å². The normalized spacial score (nSPS) is 15.3. The summed E-state index contributed by atoms with van der Waals surface area (Å²) >= 11 is 0. The largest absolute Gasteiger partial charge is 0.478 e. The molecule has 1 aliphatic carbocycles. The Bertz CT molecular complexity index is 556. The molecule has 1 aliphatic rings.